The second-order valence-electron chi connectivity index (χ2n) is 9.81. The summed E-state index contributed by atoms with van der Waals surface area (Å²) in [6.45, 7) is 3.45. The molecule has 0 radical (unpaired) electrons. The molecule has 1 atom stereocenters. The number of hydrogen-bond donors (Lipinski definition) is 3. The molecular formula is C29H37N3O7. The number of aryl methyl sites for hydroxylation is 1. The van der Waals surface area contributed by atoms with Crippen LogP contribution in [0.5, 0.6) is 17.2 Å². The minimum Gasteiger partial charge on any atom is -0.493 e. The standard InChI is InChI=1S/C29H37N3O7/c1-17(33)32-22-7-5-19-13-25(36-2)28(37-3)29(38-4)27(19)20-6-8-23(24(34)14-21(20)22)30-16-26(35)31-15-18-9-11-39-12-10-18/h6,8,13-14,18,22H,5,7,9-12,15-16H2,1-4H3,(H,30,34)(H,31,35)(H,32,33)/t22-/m0/s1. The van der Waals surface area contributed by atoms with Gasteiger partial charge < -0.3 is 34.9 Å². The molecule has 1 aliphatic carbocycles. The normalized spacial score (nSPS) is 16.7. The van der Waals surface area contributed by atoms with Crippen molar-refractivity contribution in [2.45, 2.75) is 38.6 Å². The van der Waals surface area contributed by atoms with Crippen LogP contribution < -0.4 is 35.6 Å². The first kappa shape index (κ1) is 28.2. The highest BCUT2D eigenvalue weighted by Crippen LogP contribution is 2.50. The van der Waals surface area contributed by atoms with Gasteiger partial charge in [0, 0.05) is 32.2 Å². The van der Waals surface area contributed by atoms with Crippen molar-refractivity contribution >= 4 is 17.5 Å². The highest BCUT2D eigenvalue weighted by atomic mass is 16.5. The van der Waals surface area contributed by atoms with Crippen molar-refractivity contribution in [1.29, 1.82) is 0 Å². The van der Waals surface area contributed by atoms with E-state index in [0.717, 1.165) is 42.7 Å². The summed E-state index contributed by atoms with van der Waals surface area (Å²) >= 11 is 0. The van der Waals surface area contributed by atoms with Crippen LogP contribution in [0.4, 0.5) is 5.69 Å². The molecule has 0 unspecified atom stereocenters. The smallest absolute Gasteiger partial charge is 0.239 e. The third kappa shape index (κ3) is 6.44. The van der Waals surface area contributed by atoms with Gasteiger partial charge in [-0.15, -0.1) is 0 Å². The van der Waals surface area contributed by atoms with Crippen LogP contribution in [0.2, 0.25) is 0 Å². The number of amides is 2. The van der Waals surface area contributed by atoms with Crippen LogP contribution in [0.1, 0.15) is 43.4 Å². The van der Waals surface area contributed by atoms with Crippen molar-refractivity contribution in [3.8, 4) is 28.4 Å². The van der Waals surface area contributed by atoms with Crippen molar-refractivity contribution in [2.75, 3.05) is 52.9 Å². The lowest BCUT2D eigenvalue weighted by atomic mass is 9.95. The van der Waals surface area contributed by atoms with E-state index in [0.29, 0.717) is 48.1 Å². The predicted octanol–water partition coefficient (Wildman–Crippen LogP) is 2.82. The van der Waals surface area contributed by atoms with Gasteiger partial charge in [0.2, 0.25) is 23.0 Å². The van der Waals surface area contributed by atoms with E-state index in [2.05, 4.69) is 16.0 Å². The minimum atomic E-state index is -0.401. The molecule has 1 heterocycles. The number of anilines is 1. The summed E-state index contributed by atoms with van der Waals surface area (Å²) in [5.74, 6) is 1.48. The molecule has 0 aromatic heterocycles. The molecule has 2 aromatic rings. The zero-order valence-corrected chi connectivity index (χ0v) is 23.0. The summed E-state index contributed by atoms with van der Waals surface area (Å²) in [5, 5.41) is 8.93. The van der Waals surface area contributed by atoms with E-state index < -0.39 is 6.04 Å². The highest BCUT2D eigenvalue weighted by Gasteiger charge is 2.29. The number of fused-ring (bicyclic) bond motifs is 3. The van der Waals surface area contributed by atoms with Gasteiger partial charge >= 0.3 is 0 Å². The summed E-state index contributed by atoms with van der Waals surface area (Å²) in [4.78, 5) is 37.9. The van der Waals surface area contributed by atoms with Gasteiger partial charge in [0.05, 0.1) is 39.6 Å². The molecule has 10 heteroatoms. The maximum atomic E-state index is 13.3. The molecule has 1 fully saturated rings. The van der Waals surface area contributed by atoms with Gasteiger partial charge in [-0.3, -0.25) is 14.4 Å². The van der Waals surface area contributed by atoms with E-state index >= 15 is 0 Å². The van der Waals surface area contributed by atoms with E-state index in [1.807, 2.05) is 12.1 Å². The van der Waals surface area contributed by atoms with E-state index in [4.69, 9.17) is 18.9 Å². The molecule has 1 saturated heterocycles. The third-order valence-corrected chi connectivity index (χ3v) is 7.28. The molecule has 1 aliphatic heterocycles. The average molecular weight is 540 g/mol. The Morgan fingerprint density at radius 3 is 2.41 bits per heavy atom. The Balaban J connectivity index is 1.70. The Morgan fingerprint density at radius 1 is 1.00 bits per heavy atom. The van der Waals surface area contributed by atoms with Gasteiger partial charge in [-0.1, -0.05) is 6.07 Å². The molecule has 0 bridgehead atoms. The van der Waals surface area contributed by atoms with Crippen LogP contribution in [-0.4, -0.2) is 59.4 Å². The number of methoxy groups -OCH3 is 3. The van der Waals surface area contributed by atoms with Gasteiger partial charge in [-0.25, -0.2) is 0 Å². The first-order chi connectivity index (χ1) is 18.9. The number of nitrogens with one attached hydrogen (secondary N) is 3. The van der Waals surface area contributed by atoms with Crippen LogP contribution >= 0.6 is 0 Å². The quantitative estimate of drug-likeness (QED) is 0.445. The molecular weight excluding hydrogens is 502 g/mol. The fraction of sp³-hybridized carbons (Fsp3) is 0.483. The average Bonchev–Trinajstić information content (AvgIpc) is 3.18. The van der Waals surface area contributed by atoms with Crippen LogP contribution in [0.3, 0.4) is 0 Å². The maximum Gasteiger partial charge on any atom is 0.239 e. The highest BCUT2D eigenvalue weighted by molar-refractivity contribution is 5.84. The first-order valence-electron chi connectivity index (χ1n) is 13.2. The van der Waals surface area contributed by atoms with E-state index in [9.17, 15) is 14.4 Å². The lowest BCUT2D eigenvalue weighted by Crippen LogP contribution is -2.36. The Hall–Kier alpha value is -3.79. The Labute approximate surface area is 228 Å². The SMILES string of the molecule is COc1cc2c(c(OC)c1OC)-c1ccc(NCC(=O)NCC3CCOCC3)c(=O)cc1[C@@H](NC(C)=O)CC2. The number of carbonyl (C=O) groups is 2. The topological polar surface area (TPSA) is 124 Å². The zero-order chi connectivity index (χ0) is 27.9. The van der Waals surface area contributed by atoms with Crippen molar-refractivity contribution in [2.24, 2.45) is 5.92 Å². The molecule has 3 N–H and O–H groups in total. The summed E-state index contributed by atoms with van der Waals surface area (Å²) in [7, 11) is 4.66. The second-order valence-corrected chi connectivity index (χ2v) is 9.81. The van der Waals surface area contributed by atoms with Crippen molar-refractivity contribution < 1.29 is 28.5 Å². The molecule has 0 spiro atoms. The molecule has 10 nitrogen and oxygen atoms in total. The number of carbonyl (C=O) groups excluding carboxylic acids is 2. The molecule has 39 heavy (non-hydrogen) atoms. The summed E-state index contributed by atoms with van der Waals surface area (Å²) in [6, 6.07) is 6.53. The molecule has 2 aromatic carbocycles. The number of rotatable bonds is 9. The van der Waals surface area contributed by atoms with Gasteiger partial charge in [0.15, 0.2) is 11.5 Å². The van der Waals surface area contributed by atoms with Crippen molar-refractivity contribution in [3.05, 3.63) is 45.6 Å². The summed E-state index contributed by atoms with van der Waals surface area (Å²) in [6.07, 6.45) is 3.03. The fourth-order valence-electron chi connectivity index (χ4n) is 5.30. The minimum absolute atomic E-state index is 0.0345. The van der Waals surface area contributed by atoms with Crippen LogP contribution in [0.15, 0.2) is 29.1 Å². The Kier molecular flexibility index (Phi) is 9.29. The Bertz CT molecular complexity index is 1270. The zero-order valence-electron chi connectivity index (χ0n) is 23.0. The summed E-state index contributed by atoms with van der Waals surface area (Å²) < 4.78 is 22.4. The molecule has 2 aliphatic rings. The van der Waals surface area contributed by atoms with E-state index in [-0.39, 0.29) is 29.5 Å². The van der Waals surface area contributed by atoms with E-state index in [1.165, 1.54) is 13.0 Å². The maximum absolute atomic E-state index is 13.3. The lowest BCUT2D eigenvalue weighted by Gasteiger charge is -2.22. The largest absolute Gasteiger partial charge is 0.493 e. The number of benzene rings is 1. The molecule has 4 rings (SSSR count). The third-order valence-electron chi connectivity index (χ3n) is 7.28. The molecule has 210 valence electrons. The predicted molar refractivity (Wildman–Crippen MR) is 148 cm³/mol. The van der Waals surface area contributed by atoms with Crippen molar-refractivity contribution in [1.82, 2.24) is 10.6 Å². The van der Waals surface area contributed by atoms with Crippen LogP contribution in [0.25, 0.3) is 11.1 Å². The summed E-state index contributed by atoms with van der Waals surface area (Å²) in [5.41, 5.74) is 3.11. The fourth-order valence-corrected chi connectivity index (χ4v) is 5.30. The first-order valence-corrected chi connectivity index (χ1v) is 13.2. The van der Waals surface area contributed by atoms with E-state index in [1.54, 1.807) is 27.4 Å². The van der Waals surface area contributed by atoms with Gasteiger partial charge in [0.1, 0.15) is 0 Å². The number of hydrogen-bond acceptors (Lipinski definition) is 8. The van der Waals surface area contributed by atoms with Gasteiger partial charge in [-0.2, -0.15) is 0 Å². The van der Waals surface area contributed by atoms with Gasteiger partial charge in [0.25, 0.3) is 0 Å². The van der Waals surface area contributed by atoms with Crippen LogP contribution in [-0.2, 0) is 20.7 Å². The van der Waals surface area contributed by atoms with Gasteiger partial charge in [-0.05, 0) is 66.5 Å². The lowest BCUT2D eigenvalue weighted by molar-refractivity contribution is -0.120. The van der Waals surface area contributed by atoms with Crippen molar-refractivity contribution in [3.63, 3.8) is 0 Å². The second kappa shape index (κ2) is 12.8. The monoisotopic (exact) mass is 539 g/mol. The molecule has 2 amide bonds. The van der Waals surface area contributed by atoms with Crippen LogP contribution in [0, 0.1) is 5.92 Å². The molecule has 0 saturated carbocycles. The number of ether oxygens (including phenoxy) is 4. The Morgan fingerprint density at radius 2 is 1.74 bits per heavy atom.